The van der Waals surface area contributed by atoms with Crippen LogP contribution in [-0.4, -0.2) is 18.1 Å². The first-order chi connectivity index (χ1) is 6.83. The lowest BCUT2D eigenvalue weighted by molar-refractivity contribution is -0.148. The summed E-state index contributed by atoms with van der Waals surface area (Å²) in [5.74, 6) is -1.25. The predicted molar refractivity (Wildman–Crippen MR) is 42.1 cm³/mol. The van der Waals surface area contributed by atoms with Gasteiger partial charge in [0.15, 0.2) is 0 Å². The zero-order chi connectivity index (χ0) is 13.4. The molecule has 10 heavy (non-hydrogen) atoms. The van der Waals surface area contributed by atoms with Crippen LogP contribution in [0.2, 0.25) is 0 Å². The number of hydrogen-bond donors (Lipinski definition) is 1. The van der Waals surface area contributed by atoms with Crippen molar-refractivity contribution in [1.29, 1.82) is 0 Å². The van der Waals surface area contributed by atoms with Gasteiger partial charge in [-0.3, -0.25) is 4.79 Å². The smallest absolute Gasteiger partial charge is 0.322 e. The van der Waals surface area contributed by atoms with Crippen molar-refractivity contribution < 1.29 is 19.1 Å². The largest absolute Gasteiger partial charge is 0.462 e. The number of nitrogens with two attached hydrogens (primary N) is 1. The highest BCUT2D eigenvalue weighted by atomic mass is 35.5. The van der Waals surface area contributed by atoms with Crippen molar-refractivity contribution in [3.8, 4) is 0 Å². The molecule has 0 aliphatic carbocycles. The second-order valence-corrected chi connectivity index (χ2v) is 1.54. The Hall–Kier alpha value is -0.280. The monoisotopic (exact) mass is 174 g/mol. The molecule has 0 radical (unpaired) electrons. The average Bonchev–Trinajstić information content (AvgIpc) is 1.99. The minimum Gasteiger partial charge on any atom is -0.462 e. The van der Waals surface area contributed by atoms with Crippen LogP contribution < -0.4 is 5.73 Å². The lowest BCUT2D eigenvalue weighted by Gasteiger charge is -2.08. The van der Waals surface area contributed by atoms with E-state index in [-0.39, 0.29) is 12.4 Å². The third-order valence-corrected chi connectivity index (χ3v) is 0.574. The summed E-state index contributed by atoms with van der Waals surface area (Å²) in [4.78, 5) is 11.1. The van der Waals surface area contributed by atoms with Gasteiger partial charge in [0.1, 0.15) is 6.04 Å². The minimum absolute atomic E-state index is 0. The van der Waals surface area contributed by atoms with Crippen molar-refractivity contribution >= 4 is 18.4 Å². The maximum atomic E-state index is 11.1. The van der Waals surface area contributed by atoms with Crippen molar-refractivity contribution in [2.45, 2.75) is 32.7 Å². The van der Waals surface area contributed by atoms with Gasteiger partial charge in [-0.25, -0.2) is 0 Å². The second-order valence-electron chi connectivity index (χ2n) is 1.54. The molecule has 62 valence electrons. The molecule has 0 aromatic heterocycles. The van der Waals surface area contributed by atoms with Crippen molar-refractivity contribution in [1.82, 2.24) is 0 Å². The first kappa shape index (κ1) is 3.41. The lowest BCUT2D eigenvalue weighted by Crippen LogP contribution is -2.30. The Bertz CT molecular complexity index is 261. The summed E-state index contributed by atoms with van der Waals surface area (Å²) in [6.45, 7) is -5.38. The molecule has 0 aromatic rings. The van der Waals surface area contributed by atoms with Crippen LogP contribution in [-0.2, 0) is 9.53 Å². The summed E-state index contributed by atoms with van der Waals surface area (Å²) >= 11 is 0. The summed E-state index contributed by atoms with van der Waals surface area (Å²) in [6.07, 6.45) is -3.30. The van der Waals surface area contributed by atoms with Crippen LogP contribution in [0.5, 0.6) is 0 Å². The topological polar surface area (TPSA) is 52.3 Å². The minimum atomic E-state index is -3.30. The van der Waals surface area contributed by atoms with Crippen LogP contribution in [0, 0.1) is 0 Å². The quantitative estimate of drug-likeness (QED) is 0.628. The molecule has 0 fully saturated rings. The highest BCUT2D eigenvalue weighted by Crippen LogP contribution is 1.90. The third-order valence-electron chi connectivity index (χ3n) is 0.574. The highest BCUT2D eigenvalue weighted by Gasteiger charge is 2.09. The molecule has 3 nitrogen and oxygen atoms in total. The van der Waals surface area contributed by atoms with Crippen LogP contribution in [0.3, 0.4) is 0 Å². The number of halogens is 1. The maximum Gasteiger partial charge on any atom is 0.322 e. The molecule has 0 aromatic carbocycles. The molecule has 0 amide bonds. The second kappa shape index (κ2) is 5.50. The van der Waals surface area contributed by atoms with E-state index in [0.717, 1.165) is 0 Å². The van der Waals surface area contributed by atoms with Gasteiger partial charge in [0.2, 0.25) is 0 Å². The molecular weight excluding hydrogens is 154 g/mol. The molecule has 0 bridgehead atoms. The fraction of sp³-hybridized carbons (Fsp3) is 0.833. The Morgan fingerprint density at radius 1 is 1.80 bits per heavy atom. The van der Waals surface area contributed by atoms with Gasteiger partial charge >= 0.3 is 5.97 Å². The van der Waals surface area contributed by atoms with Gasteiger partial charge in [-0.15, -0.1) is 12.4 Å². The highest BCUT2D eigenvalue weighted by molar-refractivity contribution is 5.85. The van der Waals surface area contributed by atoms with Gasteiger partial charge in [0.05, 0.1) is 7.45 Å². The molecule has 0 unspecified atom stereocenters. The van der Waals surface area contributed by atoms with Crippen LogP contribution in [0.1, 0.15) is 30.2 Å². The fourth-order valence-corrected chi connectivity index (χ4v) is 0.194. The molecule has 0 rings (SSSR count). The Morgan fingerprint density at radius 3 is 2.60 bits per heavy atom. The molecule has 2 N–H and O–H groups in total. The van der Waals surface area contributed by atoms with E-state index in [0.29, 0.717) is 0 Å². The van der Waals surface area contributed by atoms with E-state index in [2.05, 4.69) is 4.74 Å². The van der Waals surface area contributed by atoms with Gasteiger partial charge in [0, 0.05) is 8.22 Å². The van der Waals surface area contributed by atoms with Crippen LogP contribution >= 0.6 is 12.4 Å². The lowest BCUT2D eigenvalue weighted by atomic mass is 10.4. The van der Waals surface area contributed by atoms with Gasteiger partial charge in [-0.05, 0) is 20.6 Å². The van der Waals surface area contributed by atoms with E-state index < -0.39 is 31.8 Å². The summed E-state index contributed by atoms with van der Waals surface area (Å²) in [6, 6.07) is -1.20. The predicted octanol–water partition coefficient (Wildman–Crippen LogP) is 0.707. The van der Waals surface area contributed by atoms with E-state index in [1.54, 1.807) is 0 Å². The average molecular weight is 175 g/mol. The van der Waals surface area contributed by atoms with E-state index >= 15 is 0 Å². The molecule has 0 saturated heterocycles. The Balaban J connectivity index is 0. The summed E-state index contributed by atoms with van der Waals surface area (Å²) in [5.41, 5.74) is 5.10. The van der Waals surface area contributed by atoms with Gasteiger partial charge in [-0.1, -0.05) is 0 Å². The normalized spacial score (nSPS) is 26.0. The standard InChI is InChI=1S/C6H13NO2.ClH/c1-4(2)9-6(8)5(3)7;/h4-5H,7H2,1-3H3;1H/t5-;/m0./s1/i1D3,2D3,4D;. The summed E-state index contributed by atoms with van der Waals surface area (Å²) in [5, 5.41) is 0. The van der Waals surface area contributed by atoms with Crippen molar-refractivity contribution in [3.63, 3.8) is 0 Å². The van der Waals surface area contributed by atoms with Crippen LogP contribution in [0.15, 0.2) is 0 Å². The number of ether oxygens (including phenoxy) is 1. The van der Waals surface area contributed by atoms with E-state index in [9.17, 15) is 4.79 Å². The van der Waals surface area contributed by atoms with Gasteiger partial charge < -0.3 is 10.5 Å². The molecule has 0 aliphatic rings. The molecule has 0 heterocycles. The molecule has 0 aliphatic heterocycles. The van der Waals surface area contributed by atoms with Crippen molar-refractivity contribution in [2.24, 2.45) is 5.73 Å². The Kier molecular flexibility index (Phi) is 1.88. The Labute approximate surface area is 77.2 Å². The zero-order valence-corrected chi connectivity index (χ0v) is 6.20. The van der Waals surface area contributed by atoms with E-state index in [1.165, 1.54) is 6.92 Å². The van der Waals surface area contributed by atoms with Crippen LogP contribution in [0.4, 0.5) is 0 Å². The van der Waals surface area contributed by atoms with Crippen LogP contribution in [0.25, 0.3) is 0 Å². The first-order valence-electron chi connectivity index (χ1n) is 5.81. The molecule has 4 heteroatoms. The first-order valence-corrected chi connectivity index (χ1v) is 2.31. The molecule has 1 atom stereocenters. The Morgan fingerprint density at radius 2 is 2.30 bits per heavy atom. The molecule has 0 saturated carbocycles. The number of carbonyl (C=O) groups excluding carboxylic acids is 1. The number of esters is 1. The summed E-state index contributed by atoms with van der Waals surface area (Å²) < 4.78 is 53.2. The van der Waals surface area contributed by atoms with Gasteiger partial charge in [0.25, 0.3) is 0 Å². The molecule has 0 spiro atoms. The third kappa shape index (κ3) is 5.85. The molecular formula is C6H14ClNO2. The van der Waals surface area contributed by atoms with Gasteiger partial charge in [-0.2, -0.15) is 0 Å². The number of carbonyl (C=O) groups is 1. The van der Waals surface area contributed by atoms with Crippen molar-refractivity contribution in [3.05, 3.63) is 0 Å². The maximum absolute atomic E-state index is 11.1. The van der Waals surface area contributed by atoms with Crippen molar-refractivity contribution in [2.75, 3.05) is 0 Å². The van der Waals surface area contributed by atoms with E-state index in [4.69, 9.17) is 15.3 Å². The SMILES string of the molecule is Cl.[2H]C([2H])([2H])C([2H])(OC(=O)[C@H](C)N)C([2H])([2H])[2H]. The number of hydrogen-bond acceptors (Lipinski definition) is 3. The fourth-order valence-electron chi connectivity index (χ4n) is 0.194. The summed E-state index contributed by atoms with van der Waals surface area (Å²) in [7, 11) is 0. The number of rotatable bonds is 2. The zero-order valence-electron chi connectivity index (χ0n) is 12.4. The van der Waals surface area contributed by atoms with E-state index in [1.807, 2.05) is 0 Å².